The molecule has 2 rings (SSSR count). The third kappa shape index (κ3) is 3.62. The fraction of sp³-hybridized carbons (Fsp3) is 0.462. The summed E-state index contributed by atoms with van der Waals surface area (Å²) >= 11 is 5.62. The summed E-state index contributed by atoms with van der Waals surface area (Å²) < 4.78 is 37.8. The molecule has 0 radical (unpaired) electrons. The molecular formula is C13H13ClF3NO. The van der Waals surface area contributed by atoms with E-state index in [0.717, 1.165) is 25.0 Å². The molecule has 0 unspecified atom stereocenters. The lowest BCUT2D eigenvalue weighted by Gasteiger charge is -2.12. The molecule has 1 aliphatic rings. The minimum atomic E-state index is -4.51. The van der Waals surface area contributed by atoms with Crippen LogP contribution in [0, 0.1) is 5.41 Å². The van der Waals surface area contributed by atoms with Crippen LogP contribution in [0.5, 0.6) is 0 Å². The molecule has 0 bridgehead atoms. The molecule has 1 N–H and O–H groups in total. The minimum Gasteiger partial charge on any atom is -0.351 e. The van der Waals surface area contributed by atoms with Gasteiger partial charge in [-0.05, 0) is 36.5 Å². The molecule has 1 aliphatic carbocycles. The molecule has 104 valence electrons. The summed E-state index contributed by atoms with van der Waals surface area (Å²) in [5.74, 6) is -0.527. The van der Waals surface area contributed by atoms with Crippen LogP contribution in [0.1, 0.15) is 35.7 Å². The Morgan fingerprint density at radius 3 is 2.53 bits per heavy atom. The Bertz CT molecular complexity index is 509. The van der Waals surface area contributed by atoms with Gasteiger partial charge in [-0.15, -0.1) is 0 Å². The molecule has 1 aromatic carbocycles. The second-order valence-electron chi connectivity index (χ2n) is 5.22. The monoisotopic (exact) mass is 291 g/mol. The lowest BCUT2D eigenvalue weighted by Crippen LogP contribution is -2.29. The van der Waals surface area contributed by atoms with Gasteiger partial charge in [-0.25, -0.2) is 0 Å². The predicted molar refractivity (Wildman–Crippen MR) is 66.1 cm³/mol. The van der Waals surface area contributed by atoms with Crippen molar-refractivity contribution in [3.05, 3.63) is 34.3 Å². The Balaban J connectivity index is 2.14. The van der Waals surface area contributed by atoms with Gasteiger partial charge in [0.25, 0.3) is 5.91 Å². The van der Waals surface area contributed by atoms with Gasteiger partial charge in [0.2, 0.25) is 0 Å². The molecule has 1 fully saturated rings. The van der Waals surface area contributed by atoms with Crippen molar-refractivity contribution in [2.45, 2.75) is 25.9 Å². The van der Waals surface area contributed by atoms with E-state index < -0.39 is 17.6 Å². The van der Waals surface area contributed by atoms with Crippen molar-refractivity contribution in [1.29, 1.82) is 0 Å². The van der Waals surface area contributed by atoms with Crippen LogP contribution in [-0.4, -0.2) is 12.5 Å². The number of benzene rings is 1. The van der Waals surface area contributed by atoms with E-state index in [-0.39, 0.29) is 16.0 Å². The second kappa shape index (κ2) is 4.71. The molecule has 0 aromatic heterocycles. The van der Waals surface area contributed by atoms with E-state index >= 15 is 0 Å². The van der Waals surface area contributed by atoms with Gasteiger partial charge in [0.1, 0.15) is 0 Å². The van der Waals surface area contributed by atoms with E-state index in [1.54, 1.807) is 0 Å². The zero-order valence-corrected chi connectivity index (χ0v) is 11.0. The van der Waals surface area contributed by atoms with Gasteiger partial charge < -0.3 is 5.32 Å². The summed E-state index contributed by atoms with van der Waals surface area (Å²) in [7, 11) is 0. The van der Waals surface area contributed by atoms with Crippen LogP contribution < -0.4 is 5.32 Å². The summed E-state index contributed by atoms with van der Waals surface area (Å²) in [6, 6.07) is 2.86. The van der Waals surface area contributed by atoms with Crippen molar-refractivity contribution in [3.8, 4) is 0 Å². The lowest BCUT2D eigenvalue weighted by molar-refractivity contribution is -0.137. The van der Waals surface area contributed by atoms with Crippen molar-refractivity contribution in [2.24, 2.45) is 5.41 Å². The van der Waals surface area contributed by atoms with Crippen molar-refractivity contribution < 1.29 is 18.0 Å². The smallest absolute Gasteiger partial charge is 0.351 e. The molecule has 0 spiro atoms. The number of halogens is 4. The topological polar surface area (TPSA) is 29.1 Å². The minimum absolute atomic E-state index is 0.0657. The number of amides is 1. The first kappa shape index (κ1) is 14.2. The van der Waals surface area contributed by atoms with E-state index in [1.165, 1.54) is 6.07 Å². The van der Waals surface area contributed by atoms with E-state index in [1.807, 2.05) is 6.92 Å². The predicted octanol–water partition coefficient (Wildman–Crippen LogP) is 3.89. The van der Waals surface area contributed by atoms with E-state index in [4.69, 9.17) is 11.6 Å². The van der Waals surface area contributed by atoms with Crippen LogP contribution in [0.3, 0.4) is 0 Å². The number of rotatable bonds is 3. The normalized spacial score (nSPS) is 17.1. The largest absolute Gasteiger partial charge is 0.416 e. The van der Waals surface area contributed by atoms with Crippen molar-refractivity contribution >= 4 is 17.5 Å². The highest BCUT2D eigenvalue weighted by atomic mass is 35.5. The van der Waals surface area contributed by atoms with Crippen molar-refractivity contribution in [1.82, 2.24) is 5.32 Å². The summed E-state index contributed by atoms with van der Waals surface area (Å²) in [5.41, 5.74) is -0.881. The Morgan fingerprint density at radius 2 is 2.00 bits per heavy atom. The van der Waals surface area contributed by atoms with E-state index in [2.05, 4.69) is 5.32 Å². The van der Waals surface area contributed by atoms with Crippen molar-refractivity contribution in [2.75, 3.05) is 6.54 Å². The molecule has 1 amide bonds. The van der Waals surface area contributed by atoms with Crippen LogP contribution >= 0.6 is 11.6 Å². The number of hydrogen-bond donors (Lipinski definition) is 1. The average Bonchev–Trinajstić information content (AvgIpc) is 3.03. The third-order valence-corrected chi connectivity index (χ3v) is 3.48. The first-order valence-electron chi connectivity index (χ1n) is 5.86. The summed E-state index contributed by atoms with van der Waals surface area (Å²) in [4.78, 5) is 11.8. The molecule has 0 heterocycles. The third-order valence-electron chi connectivity index (χ3n) is 3.27. The standard InChI is InChI=1S/C13H13ClF3NO/c1-12(2-3-12)7-18-11(19)8-4-9(13(15,16)17)6-10(14)5-8/h4-6H,2-3,7H2,1H3,(H,18,19). The summed E-state index contributed by atoms with van der Waals surface area (Å²) in [5, 5.41) is 2.54. The number of alkyl halides is 3. The number of carbonyl (C=O) groups is 1. The summed E-state index contributed by atoms with van der Waals surface area (Å²) in [6.07, 6.45) is -2.46. The molecule has 0 aliphatic heterocycles. The fourth-order valence-electron chi connectivity index (χ4n) is 1.67. The Hall–Kier alpha value is -1.23. The van der Waals surface area contributed by atoms with E-state index in [0.29, 0.717) is 6.54 Å². The fourth-order valence-corrected chi connectivity index (χ4v) is 1.91. The number of carbonyl (C=O) groups excluding carboxylic acids is 1. The maximum atomic E-state index is 12.6. The highest BCUT2D eigenvalue weighted by molar-refractivity contribution is 6.31. The highest BCUT2D eigenvalue weighted by Crippen LogP contribution is 2.44. The molecule has 1 aromatic rings. The molecule has 1 saturated carbocycles. The first-order valence-corrected chi connectivity index (χ1v) is 6.23. The lowest BCUT2D eigenvalue weighted by atomic mass is 10.1. The average molecular weight is 292 g/mol. The highest BCUT2D eigenvalue weighted by Gasteiger charge is 2.37. The van der Waals surface area contributed by atoms with E-state index in [9.17, 15) is 18.0 Å². The number of hydrogen-bond acceptors (Lipinski definition) is 1. The second-order valence-corrected chi connectivity index (χ2v) is 5.66. The zero-order valence-electron chi connectivity index (χ0n) is 10.3. The van der Waals surface area contributed by atoms with Crippen LogP contribution in [0.4, 0.5) is 13.2 Å². The Labute approximate surface area is 113 Å². The van der Waals surface area contributed by atoms with Gasteiger partial charge in [-0.1, -0.05) is 18.5 Å². The van der Waals surface area contributed by atoms with Crippen LogP contribution in [-0.2, 0) is 6.18 Å². The molecule has 6 heteroatoms. The van der Waals surface area contributed by atoms with Gasteiger partial charge in [-0.3, -0.25) is 4.79 Å². The van der Waals surface area contributed by atoms with Gasteiger partial charge >= 0.3 is 6.18 Å². The van der Waals surface area contributed by atoms with Crippen molar-refractivity contribution in [3.63, 3.8) is 0 Å². The maximum absolute atomic E-state index is 12.6. The molecule has 0 atom stereocenters. The van der Waals surface area contributed by atoms with Gasteiger partial charge in [0, 0.05) is 17.1 Å². The SMILES string of the molecule is CC1(CNC(=O)c2cc(Cl)cc(C(F)(F)F)c2)CC1. The van der Waals surface area contributed by atoms with Crippen LogP contribution in [0.2, 0.25) is 5.02 Å². The molecule has 19 heavy (non-hydrogen) atoms. The Morgan fingerprint density at radius 1 is 1.37 bits per heavy atom. The Kier molecular flexibility index (Phi) is 3.51. The van der Waals surface area contributed by atoms with Gasteiger partial charge in [-0.2, -0.15) is 13.2 Å². The van der Waals surface area contributed by atoms with Gasteiger partial charge in [0.15, 0.2) is 0 Å². The molecule has 0 saturated heterocycles. The van der Waals surface area contributed by atoms with Crippen LogP contribution in [0.15, 0.2) is 18.2 Å². The quantitative estimate of drug-likeness (QED) is 0.899. The summed E-state index contributed by atoms with van der Waals surface area (Å²) in [6.45, 7) is 2.49. The molecule has 2 nitrogen and oxygen atoms in total. The van der Waals surface area contributed by atoms with Gasteiger partial charge in [0.05, 0.1) is 5.56 Å². The maximum Gasteiger partial charge on any atom is 0.416 e. The zero-order chi connectivity index (χ0) is 14.3. The molecular weight excluding hydrogens is 279 g/mol. The number of nitrogens with one attached hydrogen (secondary N) is 1. The first-order chi connectivity index (χ1) is 8.70. The van der Waals surface area contributed by atoms with Crippen LogP contribution in [0.25, 0.3) is 0 Å².